The number of para-hydroxylation sites is 1. The van der Waals surface area contributed by atoms with Gasteiger partial charge in [-0.2, -0.15) is 5.10 Å². The highest BCUT2D eigenvalue weighted by atomic mass is 79.9. The normalized spacial score (nSPS) is 19.1. The van der Waals surface area contributed by atoms with Gasteiger partial charge in [0.2, 0.25) is 5.91 Å². The summed E-state index contributed by atoms with van der Waals surface area (Å²) in [6.07, 6.45) is 2.09. The predicted molar refractivity (Wildman–Crippen MR) is 101 cm³/mol. The van der Waals surface area contributed by atoms with Gasteiger partial charge in [-0.05, 0) is 36.2 Å². The number of aromatic hydroxyl groups is 1. The number of carbonyl (C=O) groups excluding carboxylic acids is 1. The number of nitrogens with zero attached hydrogens (tertiary/aromatic N) is 2. The van der Waals surface area contributed by atoms with Gasteiger partial charge in [0, 0.05) is 10.0 Å². The second kappa shape index (κ2) is 7.63. The smallest absolute Gasteiger partial charge is 0.239 e. The molecule has 2 aromatic rings. The summed E-state index contributed by atoms with van der Waals surface area (Å²) < 4.78 is 1.01. The van der Waals surface area contributed by atoms with Crippen LogP contribution >= 0.6 is 27.7 Å². The Morgan fingerprint density at radius 3 is 2.71 bits per heavy atom. The minimum Gasteiger partial charge on any atom is -0.507 e. The number of amidine groups is 1. The molecule has 0 bridgehead atoms. The van der Waals surface area contributed by atoms with E-state index in [9.17, 15) is 9.90 Å². The van der Waals surface area contributed by atoms with Gasteiger partial charge in [-0.25, -0.2) is 0 Å². The van der Waals surface area contributed by atoms with Crippen molar-refractivity contribution in [3.63, 3.8) is 0 Å². The molecule has 122 valence electrons. The van der Waals surface area contributed by atoms with E-state index >= 15 is 0 Å². The first-order valence-electron chi connectivity index (χ1n) is 7.23. The highest BCUT2D eigenvalue weighted by Gasteiger charge is 2.30. The van der Waals surface area contributed by atoms with Gasteiger partial charge in [0.25, 0.3) is 0 Å². The molecule has 1 aliphatic heterocycles. The lowest BCUT2D eigenvalue weighted by molar-refractivity contribution is -0.118. The molecule has 7 heteroatoms. The van der Waals surface area contributed by atoms with Crippen LogP contribution in [-0.2, 0) is 11.2 Å². The summed E-state index contributed by atoms with van der Waals surface area (Å²) in [7, 11) is 0. The topological polar surface area (TPSA) is 74.0 Å². The highest BCUT2D eigenvalue weighted by molar-refractivity contribution is 9.10. The summed E-state index contributed by atoms with van der Waals surface area (Å²) in [5.74, 6) is 0.0668. The quantitative estimate of drug-likeness (QED) is 0.607. The predicted octanol–water partition coefficient (Wildman–Crippen LogP) is 3.32. The number of phenolic OH excluding ortho intramolecular Hbond substituents is 1. The van der Waals surface area contributed by atoms with Crippen molar-refractivity contribution in [2.75, 3.05) is 0 Å². The third kappa shape index (κ3) is 4.24. The summed E-state index contributed by atoms with van der Waals surface area (Å²) in [4.78, 5) is 12.0. The molecule has 3 rings (SSSR count). The zero-order chi connectivity index (χ0) is 16.9. The Kier molecular flexibility index (Phi) is 5.32. The monoisotopic (exact) mass is 403 g/mol. The first-order valence-corrected chi connectivity index (χ1v) is 8.90. The molecule has 0 aliphatic carbocycles. The number of hydrogen-bond acceptors (Lipinski definition) is 5. The van der Waals surface area contributed by atoms with E-state index in [1.807, 2.05) is 24.3 Å². The Morgan fingerprint density at radius 2 is 1.96 bits per heavy atom. The lowest BCUT2D eigenvalue weighted by Crippen LogP contribution is -2.25. The van der Waals surface area contributed by atoms with Gasteiger partial charge in [-0.1, -0.05) is 52.0 Å². The third-order valence-corrected chi connectivity index (χ3v) is 4.99. The maximum absolute atomic E-state index is 12.0. The molecule has 1 fully saturated rings. The van der Waals surface area contributed by atoms with Crippen LogP contribution in [0.3, 0.4) is 0 Å². The van der Waals surface area contributed by atoms with Gasteiger partial charge in [0.1, 0.15) is 5.75 Å². The minimum absolute atomic E-state index is 0.0700. The second-order valence-electron chi connectivity index (χ2n) is 5.13. The van der Waals surface area contributed by atoms with Crippen LogP contribution in [0.2, 0.25) is 0 Å². The zero-order valence-electron chi connectivity index (χ0n) is 12.5. The Bertz CT molecular complexity index is 806. The number of carbonyl (C=O) groups is 1. The average Bonchev–Trinajstić information content (AvgIpc) is 2.91. The van der Waals surface area contributed by atoms with Gasteiger partial charge in [-0.15, -0.1) is 5.10 Å². The van der Waals surface area contributed by atoms with Crippen molar-refractivity contribution in [2.45, 2.75) is 11.7 Å². The number of benzene rings is 2. The summed E-state index contributed by atoms with van der Waals surface area (Å²) in [5, 5.41) is 20.6. The van der Waals surface area contributed by atoms with Crippen molar-refractivity contribution in [3.8, 4) is 5.75 Å². The molecule has 1 saturated heterocycles. The molecule has 1 amide bonds. The van der Waals surface area contributed by atoms with E-state index in [1.54, 1.807) is 24.3 Å². The molecule has 5 nitrogen and oxygen atoms in total. The Labute approximate surface area is 152 Å². The summed E-state index contributed by atoms with van der Waals surface area (Å²) in [6, 6.07) is 14.7. The molecule has 1 unspecified atom stereocenters. The van der Waals surface area contributed by atoms with Crippen molar-refractivity contribution in [3.05, 3.63) is 64.1 Å². The van der Waals surface area contributed by atoms with Crippen LogP contribution < -0.4 is 5.32 Å². The molecule has 0 spiro atoms. The van der Waals surface area contributed by atoms with Crippen molar-refractivity contribution in [2.24, 2.45) is 10.2 Å². The molecule has 2 N–H and O–H groups in total. The van der Waals surface area contributed by atoms with Crippen LogP contribution in [0.1, 0.15) is 11.1 Å². The number of halogens is 1. The fraction of sp³-hybridized carbons (Fsp3) is 0.118. The van der Waals surface area contributed by atoms with Gasteiger partial charge >= 0.3 is 0 Å². The summed E-state index contributed by atoms with van der Waals surface area (Å²) in [5.41, 5.74) is 1.66. The maximum atomic E-state index is 12.0. The van der Waals surface area contributed by atoms with Crippen LogP contribution in [-0.4, -0.2) is 27.6 Å². The van der Waals surface area contributed by atoms with Gasteiger partial charge in [0.15, 0.2) is 5.17 Å². The van der Waals surface area contributed by atoms with Crippen LogP contribution in [0.5, 0.6) is 5.75 Å². The highest BCUT2D eigenvalue weighted by Crippen LogP contribution is 2.24. The van der Waals surface area contributed by atoms with Crippen LogP contribution in [0.25, 0.3) is 0 Å². The van der Waals surface area contributed by atoms with E-state index in [4.69, 9.17) is 0 Å². The first kappa shape index (κ1) is 16.7. The molecular formula is C17H14BrN3O2S. The third-order valence-electron chi connectivity index (χ3n) is 3.39. The molecule has 1 aliphatic rings. The van der Waals surface area contributed by atoms with E-state index < -0.39 is 0 Å². The number of nitrogens with one attached hydrogen (secondary N) is 1. The van der Waals surface area contributed by atoms with E-state index in [0.29, 0.717) is 17.2 Å². The maximum Gasteiger partial charge on any atom is 0.239 e. The van der Waals surface area contributed by atoms with Crippen LogP contribution in [0.15, 0.2) is 63.2 Å². The lowest BCUT2D eigenvalue weighted by atomic mass is 10.1. The van der Waals surface area contributed by atoms with Gasteiger partial charge < -0.3 is 10.4 Å². The minimum atomic E-state index is -0.217. The number of thioether (sulfide) groups is 1. The Balaban J connectivity index is 1.63. The fourth-order valence-electron chi connectivity index (χ4n) is 2.16. The Hall–Kier alpha value is -2.12. The van der Waals surface area contributed by atoms with E-state index in [1.165, 1.54) is 18.0 Å². The number of phenols is 1. The largest absolute Gasteiger partial charge is 0.507 e. The Morgan fingerprint density at radius 1 is 1.21 bits per heavy atom. The molecule has 0 saturated carbocycles. The lowest BCUT2D eigenvalue weighted by Gasteiger charge is -2.05. The second-order valence-corrected chi connectivity index (χ2v) is 7.24. The van der Waals surface area contributed by atoms with Crippen molar-refractivity contribution >= 4 is 45.0 Å². The fourth-order valence-corrected chi connectivity index (χ4v) is 3.39. The van der Waals surface area contributed by atoms with Crippen molar-refractivity contribution in [1.29, 1.82) is 0 Å². The van der Waals surface area contributed by atoms with Crippen LogP contribution in [0, 0.1) is 0 Å². The number of amides is 1. The zero-order valence-corrected chi connectivity index (χ0v) is 14.9. The molecule has 1 atom stereocenters. The van der Waals surface area contributed by atoms with Crippen molar-refractivity contribution in [1.82, 2.24) is 5.32 Å². The van der Waals surface area contributed by atoms with Crippen LogP contribution in [0.4, 0.5) is 0 Å². The summed E-state index contributed by atoms with van der Waals surface area (Å²) >= 11 is 4.75. The van der Waals surface area contributed by atoms with Gasteiger partial charge in [0.05, 0.1) is 11.5 Å². The molecule has 0 radical (unpaired) electrons. The molecular weight excluding hydrogens is 390 g/mol. The number of rotatable bonds is 4. The van der Waals surface area contributed by atoms with E-state index in [2.05, 4.69) is 31.4 Å². The molecule has 0 aromatic heterocycles. The number of hydrogen-bond donors (Lipinski definition) is 2. The van der Waals surface area contributed by atoms with Crippen molar-refractivity contribution < 1.29 is 9.90 Å². The average molecular weight is 404 g/mol. The molecule has 2 aromatic carbocycles. The SMILES string of the molecule is O=C1N/C(=N/N=C\c2ccccc2O)SC1Cc1ccc(Br)cc1. The molecule has 24 heavy (non-hydrogen) atoms. The first-order chi connectivity index (χ1) is 11.6. The summed E-state index contributed by atoms with van der Waals surface area (Å²) in [6.45, 7) is 0. The van der Waals surface area contributed by atoms with Gasteiger partial charge in [-0.3, -0.25) is 4.79 Å². The standard InChI is InChI=1S/C17H14BrN3O2S/c18-13-7-5-11(6-8-13)9-15-16(23)20-17(24-15)21-19-10-12-3-1-2-4-14(12)22/h1-8,10,15,22H,9H2,(H,20,21,23)/b19-10-. The van der Waals surface area contributed by atoms with E-state index in [0.717, 1.165) is 10.0 Å². The van der Waals surface area contributed by atoms with E-state index in [-0.39, 0.29) is 16.9 Å². The molecule has 1 heterocycles.